The Morgan fingerprint density at radius 2 is 1.50 bits per heavy atom. The fourth-order valence-electron chi connectivity index (χ4n) is 3.75. The van der Waals surface area contributed by atoms with E-state index >= 15 is 0 Å². The highest BCUT2D eigenvalue weighted by Gasteiger charge is 2.25. The van der Waals surface area contributed by atoms with E-state index in [1.54, 1.807) is 6.04 Å². The minimum atomic E-state index is -0.872. The molecule has 0 amide bonds. The number of aryl methyl sites for hydroxylation is 1. The highest BCUT2D eigenvalue weighted by atomic mass is 28.3. The van der Waals surface area contributed by atoms with Crippen molar-refractivity contribution in [2.45, 2.75) is 77.2 Å². The predicted octanol–water partition coefficient (Wildman–Crippen LogP) is 6.71. The Bertz CT molecular complexity index is 545. The molecule has 1 aromatic heterocycles. The van der Waals surface area contributed by atoms with Crippen LogP contribution in [0.15, 0.2) is 36.5 Å². The molecule has 1 aromatic carbocycles. The number of unbranched alkanes of at least 4 members (excludes halogenated alkanes) is 3. The minimum Gasteiger partial charge on any atom is -0.347 e. The molecule has 0 radical (unpaired) electrons. The van der Waals surface area contributed by atoms with E-state index in [1.165, 1.54) is 61.3 Å². The summed E-state index contributed by atoms with van der Waals surface area (Å²) in [5, 5.41) is 1.37. The van der Waals surface area contributed by atoms with Crippen LogP contribution >= 0.6 is 0 Å². The van der Waals surface area contributed by atoms with Gasteiger partial charge in [-0.2, -0.15) is 0 Å². The first-order chi connectivity index (χ1) is 10.7. The van der Waals surface area contributed by atoms with Crippen molar-refractivity contribution >= 4 is 19.0 Å². The van der Waals surface area contributed by atoms with Gasteiger partial charge in [0.15, 0.2) is 0 Å². The lowest BCUT2D eigenvalue weighted by atomic mass is 10.2. The van der Waals surface area contributed by atoms with Crippen LogP contribution in [0, 0.1) is 0 Å². The summed E-state index contributed by atoms with van der Waals surface area (Å²) in [7, 11) is -0.872. The molecule has 22 heavy (non-hydrogen) atoms. The molecule has 2 heteroatoms. The summed E-state index contributed by atoms with van der Waals surface area (Å²) in [6.45, 7) is 8.45. The molecule has 0 aliphatic heterocycles. The van der Waals surface area contributed by atoms with Crippen molar-refractivity contribution in [2.24, 2.45) is 0 Å². The van der Waals surface area contributed by atoms with Gasteiger partial charge in [0.1, 0.15) is 0 Å². The summed E-state index contributed by atoms with van der Waals surface area (Å²) in [5.74, 6) is 0. The summed E-state index contributed by atoms with van der Waals surface area (Å²) >= 11 is 0. The van der Waals surface area contributed by atoms with Crippen molar-refractivity contribution in [3.05, 3.63) is 36.5 Å². The van der Waals surface area contributed by atoms with Crippen molar-refractivity contribution < 1.29 is 0 Å². The van der Waals surface area contributed by atoms with E-state index in [0.29, 0.717) is 0 Å². The molecule has 0 saturated carbocycles. The molecule has 0 saturated heterocycles. The zero-order chi connectivity index (χ0) is 15.8. The Morgan fingerprint density at radius 3 is 2.23 bits per heavy atom. The van der Waals surface area contributed by atoms with E-state index < -0.39 is 8.07 Å². The largest absolute Gasteiger partial charge is 0.347 e. The summed E-state index contributed by atoms with van der Waals surface area (Å²) in [6.07, 6.45) is 7.84. The smallest absolute Gasteiger partial charge is 0.0527 e. The first-order valence-corrected chi connectivity index (χ1v) is 12.1. The van der Waals surface area contributed by atoms with E-state index in [4.69, 9.17) is 0 Å². The monoisotopic (exact) mass is 315 g/mol. The van der Waals surface area contributed by atoms with E-state index in [2.05, 4.69) is 61.9 Å². The summed E-state index contributed by atoms with van der Waals surface area (Å²) in [6, 6.07) is 16.9. The van der Waals surface area contributed by atoms with Gasteiger partial charge >= 0.3 is 0 Å². The second kappa shape index (κ2) is 8.57. The molecule has 2 rings (SSSR count). The summed E-state index contributed by atoms with van der Waals surface area (Å²) < 4.78 is 2.42. The molecule has 0 atom stereocenters. The van der Waals surface area contributed by atoms with Gasteiger partial charge in [-0.25, -0.2) is 0 Å². The molecule has 0 aliphatic carbocycles. The van der Waals surface area contributed by atoms with E-state index in [0.717, 1.165) is 0 Å². The molecule has 1 nitrogen and oxygen atoms in total. The molecule has 122 valence electrons. The van der Waals surface area contributed by atoms with Crippen molar-refractivity contribution in [3.63, 3.8) is 0 Å². The third kappa shape index (κ3) is 4.25. The maximum absolute atomic E-state index is 2.43. The Morgan fingerprint density at radius 1 is 0.818 bits per heavy atom. The Labute approximate surface area is 137 Å². The molecule has 0 unspecified atom stereocenters. The highest BCUT2D eigenvalue weighted by Crippen LogP contribution is 2.27. The van der Waals surface area contributed by atoms with Crippen molar-refractivity contribution in [1.29, 1.82) is 0 Å². The van der Waals surface area contributed by atoms with Gasteiger partial charge in [-0.05, 0) is 23.9 Å². The van der Waals surface area contributed by atoms with Gasteiger partial charge in [-0.3, -0.25) is 0 Å². The molecular weight excluding hydrogens is 282 g/mol. The van der Waals surface area contributed by atoms with Gasteiger partial charge in [-0.1, -0.05) is 82.4 Å². The number of para-hydroxylation sites is 1. The number of hydrogen-bond acceptors (Lipinski definition) is 0. The lowest BCUT2D eigenvalue weighted by Crippen LogP contribution is -2.30. The van der Waals surface area contributed by atoms with Crippen molar-refractivity contribution in [1.82, 2.24) is 4.57 Å². The van der Waals surface area contributed by atoms with Gasteiger partial charge in [-0.15, -0.1) is 0 Å². The van der Waals surface area contributed by atoms with Crippen LogP contribution in [0.5, 0.6) is 0 Å². The number of rotatable bonds is 10. The maximum atomic E-state index is 2.43. The number of fused-ring (bicyclic) bond motifs is 1. The predicted molar refractivity (Wildman–Crippen MR) is 102 cm³/mol. The fourth-order valence-corrected chi connectivity index (χ4v) is 7.31. The third-order valence-electron chi connectivity index (χ3n) is 5.79. The molecule has 2 aromatic rings. The SMILES string of the molecule is CC[Si](CC)(CC)CCCCCCn1ccc2ccccc21. The van der Waals surface area contributed by atoms with Crippen LogP contribution in [-0.2, 0) is 6.54 Å². The second-order valence-electron chi connectivity index (χ2n) is 6.79. The van der Waals surface area contributed by atoms with E-state index in [9.17, 15) is 0 Å². The van der Waals surface area contributed by atoms with Crippen LogP contribution in [0.2, 0.25) is 24.2 Å². The Hall–Kier alpha value is -1.02. The lowest BCUT2D eigenvalue weighted by Gasteiger charge is -2.28. The molecule has 0 N–H and O–H groups in total. The maximum Gasteiger partial charge on any atom is 0.0527 e. The van der Waals surface area contributed by atoms with Crippen LogP contribution in [0.3, 0.4) is 0 Å². The Kier molecular flexibility index (Phi) is 6.75. The molecular formula is C20H33NSi. The second-order valence-corrected chi connectivity index (χ2v) is 12.4. The number of benzene rings is 1. The van der Waals surface area contributed by atoms with E-state index in [-0.39, 0.29) is 0 Å². The van der Waals surface area contributed by atoms with Gasteiger partial charge in [0.2, 0.25) is 0 Å². The highest BCUT2D eigenvalue weighted by molar-refractivity contribution is 6.79. The Balaban J connectivity index is 1.69. The average Bonchev–Trinajstić information content (AvgIpc) is 2.98. The molecule has 0 spiro atoms. The zero-order valence-corrected chi connectivity index (χ0v) is 15.8. The normalized spacial score (nSPS) is 12.1. The van der Waals surface area contributed by atoms with Gasteiger partial charge in [0.05, 0.1) is 8.07 Å². The number of nitrogens with zero attached hydrogens (tertiary/aromatic N) is 1. The summed E-state index contributed by atoms with van der Waals surface area (Å²) in [4.78, 5) is 0. The zero-order valence-electron chi connectivity index (χ0n) is 14.8. The third-order valence-corrected chi connectivity index (χ3v) is 11.7. The van der Waals surface area contributed by atoms with Crippen LogP contribution in [0.4, 0.5) is 0 Å². The molecule has 0 fully saturated rings. The lowest BCUT2D eigenvalue weighted by molar-refractivity contribution is 0.591. The van der Waals surface area contributed by atoms with E-state index in [1.807, 2.05) is 0 Å². The number of hydrogen-bond donors (Lipinski definition) is 0. The first-order valence-electron chi connectivity index (χ1n) is 9.28. The van der Waals surface area contributed by atoms with Crippen LogP contribution < -0.4 is 0 Å². The first kappa shape index (κ1) is 17.3. The molecule has 0 bridgehead atoms. The minimum absolute atomic E-state index is 0.872. The summed E-state index contributed by atoms with van der Waals surface area (Å²) in [5.41, 5.74) is 1.39. The quantitative estimate of drug-likeness (QED) is 0.339. The van der Waals surface area contributed by atoms with Gasteiger partial charge in [0.25, 0.3) is 0 Å². The van der Waals surface area contributed by atoms with Crippen LogP contribution in [-0.4, -0.2) is 12.6 Å². The number of aromatic nitrogens is 1. The topological polar surface area (TPSA) is 4.93 Å². The molecule has 1 heterocycles. The standard InChI is InChI=1S/C20H33NSi/c1-4-22(5-2,6-3)18-12-8-7-11-16-21-17-15-19-13-9-10-14-20(19)21/h9-10,13-15,17H,4-8,11-12,16,18H2,1-3H3. The van der Waals surface area contributed by atoms with Crippen molar-refractivity contribution in [3.8, 4) is 0 Å². The fraction of sp³-hybridized carbons (Fsp3) is 0.600. The molecule has 0 aliphatic rings. The van der Waals surface area contributed by atoms with Gasteiger partial charge in [0, 0.05) is 18.3 Å². The average molecular weight is 316 g/mol. The van der Waals surface area contributed by atoms with Crippen molar-refractivity contribution in [2.75, 3.05) is 0 Å². The van der Waals surface area contributed by atoms with Crippen LogP contribution in [0.1, 0.15) is 46.5 Å². The van der Waals surface area contributed by atoms with Crippen LogP contribution in [0.25, 0.3) is 10.9 Å². The van der Waals surface area contributed by atoms with Gasteiger partial charge < -0.3 is 4.57 Å².